The summed E-state index contributed by atoms with van der Waals surface area (Å²) in [5.74, 6) is 0.134. The summed E-state index contributed by atoms with van der Waals surface area (Å²) in [6, 6.07) is 21.1. The van der Waals surface area contributed by atoms with Gasteiger partial charge in [0.1, 0.15) is 17.5 Å². The first-order valence-electron chi connectivity index (χ1n) is 12.8. The number of amides is 2. The standard InChI is InChI=1S/C31H27ClF2N4O3/c1-40-28-15-24-19(12-18-6-9-22(10-7-18)36-31(39)37-23-5-3-4-20(32)13-23)17-35-30(25(24)16-29(28)41-2)38-27-11-8-21(33)14-26(27)34/h3-11,13-16,19H,12,17H2,1-2H3,(H,35,38)(H2,36,37,39). The first-order valence-corrected chi connectivity index (χ1v) is 13.2. The van der Waals surface area contributed by atoms with Crippen LogP contribution in [0.5, 0.6) is 11.5 Å². The second-order valence-corrected chi connectivity index (χ2v) is 9.86. The van der Waals surface area contributed by atoms with Gasteiger partial charge in [-0.25, -0.2) is 13.6 Å². The molecule has 1 unspecified atom stereocenters. The molecule has 41 heavy (non-hydrogen) atoms. The van der Waals surface area contributed by atoms with E-state index in [1.54, 1.807) is 44.6 Å². The molecule has 1 aliphatic rings. The van der Waals surface area contributed by atoms with Crippen LogP contribution in [-0.2, 0) is 6.42 Å². The molecule has 0 saturated carbocycles. The third-order valence-electron chi connectivity index (χ3n) is 6.68. The number of rotatable bonds is 7. The molecule has 4 aromatic carbocycles. The number of hydrogen-bond acceptors (Lipinski definition) is 5. The fraction of sp³-hybridized carbons (Fsp3) is 0.161. The molecule has 10 heteroatoms. The van der Waals surface area contributed by atoms with Crippen LogP contribution >= 0.6 is 11.6 Å². The fourth-order valence-corrected chi connectivity index (χ4v) is 4.88. The van der Waals surface area contributed by atoms with Gasteiger partial charge in [-0.2, -0.15) is 0 Å². The molecule has 210 valence electrons. The molecule has 1 aliphatic heterocycles. The number of aliphatic imine (C=N–C) groups is 1. The van der Waals surface area contributed by atoms with Gasteiger partial charge < -0.3 is 25.4 Å². The predicted molar refractivity (Wildman–Crippen MR) is 158 cm³/mol. The van der Waals surface area contributed by atoms with Crippen molar-refractivity contribution in [2.24, 2.45) is 4.99 Å². The van der Waals surface area contributed by atoms with Crippen molar-refractivity contribution in [2.45, 2.75) is 12.3 Å². The largest absolute Gasteiger partial charge is 0.493 e. The Morgan fingerprint density at radius 1 is 0.927 bits per heavy atom. The van der Waals surface area contributed by atoms with E-state index in [9.17, 15) is 13.6 Å². The summed E-state index contributed by atoms with van der Waals surface area (Å²) >= 11 is 5.98. The van der Waals surface area contributed by atoms with Crippen molar-refractivity contribution in [1.82, 2.24) is 0 Å². The summed E-state index contributed by atoms with van der Waals surface area (Å²) in [5, 5.41) is 9.10. The molecule has 0 bridgehead atoms. The molecule has 1 atom stereocenters. The van der Waals surface area contributed by atoms with E-state index in [0.29, 0.717) is 46.7 Å². The van der Waals surface area contributed by atoms with Crippen LogP contribution in [0.3, 0.4) is 0 Å². The molecular formula is C31H27ClF2N4O3. The van der Waals surface area contributed by atoms with E-state index in [-0.39, 0.29) is 17.6 Å². The average molecular weight is 577 g/mol. The number of urea groups is 1. The molecule has 2 amide bonds. The monoisotopic (exact) mass is 576 g/mol. The number of carbonyl (C=O) groups is 1. The van der Waals surface area contributed by atoms with Crippen LogP contribution in [-0.4, -0.2) is 32.6 Å². The van der Waals surface area contributed by atoms with Gasteiger partial charge in [-0.15, -0.1) is 0 Å². The van der Waals surface area contributed by atoms with E-state index in [4.69, 9.17) is 26.1 Å². The number of carbonyl (C=O) groups excluding carboxylic acids is 1. The minimum absolute atomic E-state index is 0.0154. The van der Waals surface area contributed by atoms with Gasteiger partial charge in [0.25, 0.3) is 0 Å². The Bertz CT molecular complexity index is 1610. The lowest BCUT2D eigenvalue weighted by Crippen LogP contribution is -2.25. The number of nitrogens with one attached hydrogen (secondary N) is 3. The molecule has 0 fully saturated rings. The van der Waals surface area contributed by atoms with Gasteiger partial charge in [-0.3, -0.25) is 4.99 Å². The van der Waals surface area contributed by atoms with E-state index >= 15 is 0 Å². The minimum Gasteiger partial charge on any atom is -0.493 e. The molecule has 5 rings (SSSR count). The first kappa shape index (κ1) is 27.9. The van der Waals surface area contributed by atoms with E-state index in [1.165, 1.54) is 12.1 Å². The van der Waals surface area contributed by atoms with Crippen molar-refractivity contribution < 1.29 is 23.0 Å². The van der Waals surface area contributed by atoms with Gasteiger partial charge >= 0.3 is 6.03 Å². The lowest BCUT2D eigenvalue weighted by Gasteiger charge is -2.27. The Hall–Kier alpha value is -4.63. The minimum atomic E-state index is -0.716. The first-order chi connectivity index (χ1) is 19.8. The maximum atomic E-state index is 14.4. The quantitative estimate of drug-likeness (QED) is 0.213. The summed E-state index contributed by atoms with van der Waals surface area (Å²) in [4.78, 5) is 17.1. The summed E-state index contributed by atoms with van der Waals surface area (Å²) in [5.41, 5.74) is 4.06. The van der Waals surface area contributed by atoms with Crippen LogP contribution in [0.1, 0.15) is 22.6 Å². The zero-order valence-corrected chi connectivity index (χ0v) is 23.1. The SMILES string of the molecule is COc1cc2c(cc1OC)C(Cc1ccc(NC(=O)Nc3cccc(Cl)c3)cc1)CN=C2Nc1ccc(F)cc1F. The van der Waals surface area contributed by atoms with Crippen LogP contribution < -0.4 is 25.4 Å². The highest BCUT2D eigenvalue weighted by Gasteiger charge is 2.26. The maximum absolute atomic E-state index is 14.4. The van der Waals surface area contributed by atoms with Crippen molar-refractivity contribution in [3.63, 3.8) is 0 Å². The molecular weight excluding hydrogens is 550 g/mol. The second-order valence-electron chi connectivity index (χ2n) is 9.42. The smallest absolute Gasteiger partial charge is 0.323 e. The molecule has 0 aromatic heterocycles. The molecule has 0 radical (unpaired) electrons. The number of hydrogen-bond donors (Lipinski definition) is 3. The highest BCUT2D eigenvalue weighted by molar-refractivity contribution is 6.30. The number of amidine groups is 1. The third-order valence-corrected chi connectivity index (χ3v) is 6.92. The highest BCUT2D eigenvalue weighted by atomic mass is 35.5. The second kappa shape index (κ2) is 12.3. The van der Waals surface area contributed by atoms with E-state index in [2.05, 4.69) is 16.0 Å². The molecule has 4 aromatic rings. The Morgan fingerprint density at radius 3 is 2.37 bits per heavy atom. The molecule has 0 aliphatic carbocycles. The Morgan fingerprint density at radius 2 is 1.66 bits per heavy atom. The molecule has 0 spiro atoms. The summed E-state index contributed by atoms with van der Waals surface area (Å²) in [6.45, 7) is 0.426. The van der Waals surface area contributed by atoms with Crippen molar-refractivity contribution in [3.8, 4) is 11.5 Å². The van der Waals surface area contributed by atoms with Crippen molar-refractivity contribution in [2.75, 3.05) is 36.7 Å². The summed E-state index contributed by atoms with van der Waals surface area (Å²) in [7, 11) is 3.11. The number of methoxy groups -OCH3 is 2. The van der Waals surface area contributed by atoms with Gasteiger partial charge in [0.15, 0.2) is 11.5 Å². The molecule has 0 saturated heterocycles. The molecule has 7 nitrogen and oxygen atoms in total. The van der Waals surface area contributed by atoms with Crippen molar-refractivity contribution in [1.29, 1.82) is 0 Å². The van der Waals surface area contributed by atoms with Gasteiger partial charge in [0, 0.05) is 40.5 Å². The van der Waals surface area contributed by atoms with Gasteiger partial charge in [0.05, 0.1) is 19.9 Å². The number of halogens is 3. The van der Waals surface area contributed by atoms with Crippen LogP contribution in [0.4, 0.5) is 30.6 Å². The van der Waals surface area contributed by atoms with E-state index < -0.39 is 11.6 Å². The number of benzene rings is 4. The van der Waals surface area contributed by atoms with Gasteiger partial charge in [-0.1, -0.05) is 29.8 Å². The fourth-order valence-electron chi connectivity index (χ4n) is 4.69. The van der Waals surface area contributed by atoms with Crippen LogP contribution in [0.25, 0.3) is 0 Å². The number of anilines is 3. The van der Waals surface area contributed by atoms with Crippen LogP contribution in [0.2, 0.25) is 5.02 Å². The maximum Gasteiger partial charge on any atom is 0.323 e. The Labute approximate surface area is 241 Å². The number of ether oxygens (including phenoxy) is 2. The number of fused-ring (bicyclic) bond motifs is 1. The van der Waals surface area contributed by atoms with E-state index in [0.717, 1.165) is 22.8 Å². The Kier molecular flexibility index (Phi) is 8.35. The normalized spacial score (nSPS) is 14.0. The lowest BCUT2D eigenvalue weighted by atomic mass is 9.86. The topological polar surface area (TPSA) is 84.0 Å². The van der Waals surface area contributed by atoms with Crippen LogP contribution in [0, 0.1) is 11.6 Å². The van der Waals surface area contributed by atoms with Gasteiger partial charge in [-0.05, 0) is 72.1 Å². The average Bonchev–Trinajstić information content (AvgIpc) is 2.95. The Balaban J connectivity index is 1.34. The highest BCUT2D eigenvalue weighted by Crippen LogP contribution is 2.38. The lowest BCUT2D eigenvalue weighted by molar-refractivity contribution is 0.262. The van der Waals surface area contributed by atoms with Crippen molar-refractivity contribution in [3.05, 3.63) is 112 Å². The zero-order chi connectivity index (χ0) is 28.9. The van der Waals surface area contributed by atoms with Crippen LogP contribution in [0.15, 0.2) is 83.9 Å². The third kappa shape index (κ3) is 6.58. The number of nitrogens with zero attached hydrogens (tertiary/aromatic N) is 1. The molecule has 3 N–H and O–H groups in total. The zero-order valence-electron chi connectivity index (χ0n) is 22.3. The summed E-state index contributed by atoms with van der Waals surface area (Å²) in [6.07, 6.45) is 0.652. The van der Waals surface area contributed by atoms with Gasteiger partial charge in [0.2, 0.25) is 0 Å². The predicted octanol–water partition coefficient (Wildman–Crippen LogP) is 7.48. The van der Waals surface area contributed by atoms with Crippen molar-refractivity contribution >= 4 is 40.5 Å². The molecule has 1 heterocycles. The van der Waals surface area contributed by atoms with E-state index in [1.807, 2.05) is 30.3 Å². The summed E-state index contributed by atoms with van der Waals surface area (Å²) < 4.78 is 38.9.